The van der Waals surface area contributed by atoms with E-state index in [2.05, 4.69) is 39.5 Å². The van der Waals surface area contributed by atoms with Gasteiger partial charge in [-0.2, -0.15) is 0 Å². The first-order valence-electron chi connectivity index (χ1n) is 11.5. The zero-order chi connectivity index (χ0) is 23.0. The third-order valence-corrected chi connectivity index (χ3v) is 5.93. The Morgan fingerprint density at radius 3 is 2.45 bits per heavy atom. The minimum atomic E-state index is -0.0598. The number of ether oxygens (including phenoxy) is 1. The molecule has 33 heavy (non-hydrogen) atoms. The van der Waals surface area contributed by atoms with Crippen LogP contribution < -0.4 is 15.0 Å². The van der Waals surface area contributed by atoms with Gasteiger partial charge in [0.1, 0.15) is 5.75 Å². The summed E-state index contributed by atoms with van der Waals surface area (Å²) in [6, 6.07) is 19.8. The average molecular weight is 446 g/mol. The molecule has 2 heterocycles. The maximum Gasteiger partial charge on any atom is 0.321 e. The lowest BCUT2D eigenvalue weighted by atomic mass is 10.1. The van der Waals surface area contributed by atoms with Gasteiger partial charge in [-0.25, -0.2) is 4.79 Å². The molecule has 0 bridgehead atoms. The van der Waals surface area contributed by atoms with Gasteiger partial charge in [0, 0.05) is 37.4 Å². The molecular weight excluding hydrogens is 414 g/mol. The van der Waals surface area contributed by atoms with Gasteiger partial charge < -0.3 is 19.9 Å². The Balaban J connectivity index is 1.29. The Hall–Kier alpha value is -3.61. The molecule has 172 valence electrons. The van der Waals surface area contributed by atoms with Crippen LogP contribution in [0.25, 0.3) is 11.3 Å². The largest absolute Gasteiger partial charge is 0.497 e. The molecule has 1 saturated heterocycles. The van der Waals surface area contributed by atoms with E-state index in [4.69, 9.17) is 4.74 Å². The highest BCUT2D eigenvalue weighted by Gasteiger charge is 2.22. The van der Waals surface area contributed by atoms with E-state index in [1.807, 2.05) is 53.4 Å². The van der Waals surface area contributed by atoms with E-state index < -0.39 is 0 Å². The number of aryl methyl sites for hydroxylation is 1. The Bertz CT molecular complexity index is 1050. The van der Waals surface area contributed by atoms with Crippen LogP contribution in [0.4, 0.5) is 16.3 Å². The fourth-order valence-electron chi connectivity index (χ4n) is 3.91. The molecule has 0 radical (unpaired) electrons. The lowest BCUT2D eigenvalue weighted by Gasteiger charge is -2.35. The van der Waals surface area contributed by atoms with Crippen LogP contribution in [0.15, 0.2) is 60.7 Å². The van der Waals surface area contributed by atoms with Crippen molar-refractivity contribution in [1.29, 1.82) is 0 Å². The molecule has 0 unspecified atom stereocenters. The number of anilines is 2. The van der Waals surface area contributed by atoms with Crippen molar-refractivity contribution in [2.24, 2.45) is 0 Å². The quantitative estimate of drug-likeness (QED) is 0.563. The van der Waals surface area contributed by atoms with Gasteiger partial charge in [-0.3, -0.25) is 0 Å². The number of methoxy groups -OCH3 is 1. The lowest BCUT2D eigenvalue weighted by Crippen LogP contribution is -2.50. The molecule has 7 nitrogen and oxygen atoms in total. The van der Waals surface area contributed by atoms with Gasteiger partial charge in [0.25, 0.3) is 0 Å². The number of unbranched alkanes of at least 4 members (excludes halogenated alkanes) is 1. The molecule has 7 heteroatoms. The minimum absolute atomic E-state index is 0.0598. The average Bonchev–Trinajstić information content (AvgIpc) is 2.88. The molecule has 1 aromatic heterocycles. The van der Waals surface area contributed by atoms with Gasteiger partial charge in [0.2, 0.25) is 0 Å². The van der Waals surface area contributed by atoms with E-state index in [1.165, 1.54) is 18.4 Å². The van der Waals surface area contributed by atoms with Crippen molar-refractivity contribution >= 4 is 17.5 Å². The molecule has 1 aliphatic heterocycles. The molecule has 4 rings (SSSR count). The fourth-order valence-corrected chi connectivity index (χ4v) is 3.91. The van der Waals surface area contributed by atoms with Gasteiger partial charge in [-0.1, -0.05) is 37.6 Å². The Morgan fingerprint density at radius 2 is 1.79 bits per heavy atom. The summed E-state index contributed by atoms with van der Waals surface area (Å²) in [5.74, 6) is 1.62. The van der Waals surface area contributed by atoms with Crippen LogP contribution in [-0.4, -0.2) is 54.4 Å². The summed E-state index contributed by atoms with van der Waals surface area (Å²) in [6.07, 6.45) is 3.45. The van der Waals surface area contributed by atoms with Crippen molar-refractivity contribution in [2.45, 2.75) is 26.2 Å². The number of carbonyl (C=O) groups excluding carboxylic acids is 1. The van der Waals surface area contributed by atoms with Crippen LogP contribution >= 0.6 is 0 Å². The zero-order valence-corrected chi connectivity index (χ0v) is 19.3. The normalized spacial score (nSPS) is 13.6. The second-order valence-corrected chi connectivity index (χ2v) is 8.21. The van der Waals surface area contributed by atoms with Crippen molar-refractivity contribution in [3.8, 4) is 17.0 Å². The number of amides is 2. The summed E-state index contributed by atoms with van der Waals surface area (Å²) in [7, 11) is 1.65. The predicted octanol–water partition coefficient (Wildman–Crippen LogP) is 4.85. The topological polar surface area (TPSA) is 70.6 Å². The molecule has 1 N–H and O–H groups in total. The highest BCUT2D eigenvalue weighted by atomic mass is 16.5. The molecule has 0 saturated carbocycles. The van der Waals surface area contributed by atoms with E-state index in [0.29, 0.717) is 13.1 Å². The van der Waals surface area contributed by atoms with Gasteiger partial charge in [-0.15, -0.1) is 10.2 Å². The summed E-state index contributed by atoms with van der Waals surface area (Å²) >= 11 is 0. The van der Waals surface area contributed by atoms with Gasteiger partial charge in [0.15, 0.2) is 5.82 Å². The second-order valence-electron chi connectivity index (χ2n) is 8.21. The maximum absolute atomic E-state index is 12.7. The van der Waals surface area contributed by atoms with Crippen molar-refractivity contribution in [3.05, 3.63) is 66.2 Å². The molecular formula is C26H31N5O2. The highest BCUT2D eigenvalue weighted by molar-refractivity contribution is 5.89. The first-order chi connectivity index (χ1) is 16.2. The number of urea groups is 1. The molecule has 3 aromatic rings. The molecule has 1 fully saturated rings. The predicted molar refractivity (Wildman–Crippen MR) is 132 cm³/mol. The Labute approximate surface area is 195 Å². The third-order valence-electron chi connectivity index (χ3n) is 5.93. The summed E-state index contributed by atoms with van der Waals surface area (Å²) in [5, 5.41) is 11.8. The van der Waals surface area contributed by atoms with E-state index in [0.717, 1.165) is 48.0 Å². The Kier molecular flexibility index (Phi) is 7.40. The van der Waals surface area contributed by atoms with Gasteiger partial charge >= 0.3 is 6.03 Å². The molecule has 1 aliphatic rings. The summed E-state index contributed by atoms with van der Waals surface area (Å²) in [4.78, 5) is 16.7. The molecule has 0 atom stereocenters. The number of nitrogens with zero attached hydrogens (tertiary/aromatic N) is 4. The van der Waals surface area contributed by atoms with Crippen LogP contribution in [0.1, 0.15) is 25.3 Å². The monoisotopic (exact) mass is 445 g/mol. The number of rotatable bonds is 7. The minimum Gasteiger partial charge on any atom is -0.497 e. The number of aromatic nitrogens is 2. The first-order valence-corrected chi connectivity index (χ1v) is 11.5. The zero-order valence-electron chi connectivity index (χ0n) is 19.3. The summed E-state index contributed by atoms with van der Waals surface area (Å²) in [6.45, 7) is 4.91. The van der Waals surface area contributed by atoms with E-state index in [9.17, 15) is 4.79 Å². The van der Waals surface area contributed by atoms with E-state index >= 15 is 0 Å². The van der Waals surface area contributed by atoms with Crippen LogP contribution in [-0.2, 0) is 6.42 Å². The molecule has 2 aromatic carbocycles. The lowest BCUT2D eigenvalue weighted by molar-refractivity contribution is 0.208. The number of carbonyl (C=O) groups is 1. The molecule has 2 amide bonds. The standard InChI is InChI=1S/C26H31N5O2/c1-3-4-6-20-9-11-22(12-10-20)27-26(32)31-17-15-30(16-18-31)25-14-13-24(28-29-25)21-7-5-8-23(19-21)33-2/h5,7-14,19H,3-4,6,15-18H2,1-2H3,(H,27,32). The SMILES string of the molecule is CCCCc1ccc(NC(=O)N2CCN(c3ccc(-c4cccc(OC)c4)nn3)CC2)cc1. The number of piperazine rings is 1. The fraction of sp³-hybridized carbons (Fsp3) is 0.346. The highest BCUT2D eigenvalue weighted by Crippen LogP contribution is 2.23. The van der Waals surface area contributed by atoms with Crippen LogP contribution in [0.3, 0.4) is 0 Å². The maximum atomic E-state index is 12.7. The third kappa shape index (κ3) is 5.80. The summed E-state index contributed by atoms with van der Waals surface area (Å²) in [5.41, 5.74) is 3.91. The van der Waals surface area contributed by atoms with E-state index in [1.54, 1.807) is 7.11 Å². The number of benzene rings is 2. The van der Waals surface area contributed by atoms with Crippen LogP contribution in [0.5, 0.6) is 5.75 Å². The van der Waals surface area contributed by atoms with Crippen molar-refractivity contribution in [3.63, 3.8) is 0 Å². The number of nitrogens with one attached hydrogen (secondary N) is 1. The van der Waals surface area contributed by atoms with Crippen molar-refractivity contribution < 1.29 is 9.53 Å². The first kappa shape index (κ1) is 22.6. The second kappa shape index (κ2) is 10.8. The van der Waals surface area contributed by atoms with E-state index in [-0.39, 0.29) is 6.03 Å². The van der Waals surface area contributed by atoms with Crippen LogP contribution in [0, 0.1) is 0 Å². The Morgan fingerprint density at radius 1 is 1.00 bits per heavy atom. The van der Waals surface area contributed by atoms with Gasteiger partial charge in [0.05, 0.1) is 12.8 Å². The number of hydrogen-bond acceptors (Lipinski definition) is 5. The van der Waals surface area contributed by atoms with Crippen LogP contribution in [0.2, 0.25) is 0 Å². The van der Waals surface area contributed by atoms with Crippen molar-refractivity contribution in [2.75, 3.05) is 43.5 Å². The summed E-state index contributed by atoms with van der Waals surface area (Å²) < 4.78 is 5.29. The molecule has 0 aliphatic carbocycles. The smallest absolute Gasteiger partial charge is 0.321 e. The van der Waals surface area contributed by atoms with Crippen molar-refractivity contribution in [1.82, 2.24) is 15.1 Å². The van der Waals surface area contributed by atoms with Gasteiger partial charge in [-0.05, 0) is 54.8 Å². The number of hydrogen-bond donors (Lipinski definition) is 1. The molecule has 0 spiro atoms.